The van der Waals surface area contributed by atoms with E-state index >= 15 is 0 Å². The Morgan fingerprint density at radius 2 is 1.93 bits per heavy atom. The van der Waals surface area contributed by atoms with Crippen LogP contribution < -0.4 is 0 Å². The van der Waals surface area contributed by atoms with E-state index in [1.54, 1.807) is 0 Å². The second-order valence-electron chi connectivity index (χ2n) is 3.24. The van der Waals surface area contributed by atoms with Crippen LogP contribution in [-0.2, 0) is 15.7 Å². The Labute approximate surface area is 83.7 Å². The number of benzene rings is 1. The van der Waals surface area contributed by atoms with Gasteiger partial charge in [0.2, 0.25) is 0 Å². The van der Waals surface area contributed by atoms with Gasteiger partial charge in [0.15, 0.2) is 6.29 Å². The highest BCUT2D eigenvalue weighted by Crippen LogP contribution is 2.43. The summed E-state index contributed by atoms with van der Waals surface area (Å²) in [5.74, 6) is 0. The van der Waals surface area contributed by atoms with Crippen LogP contribution in [0.5, 0.6) is 0 Å². The van der Waals surface area contributed by atoms with Crippen molar-refractivity contribution in [2.45, 2.75) is 18.4 Å². The van der Waals surface area contributed by atoms with E-state index < -0.39 is 23.9 Å². The largest absolute Gasteiger partial charge is 0.416 e. The topological polar surface area (TPSA) is 29.6 Å². The maximum absolute atomic E-state index is 12.5. The summed E-state index contributed by atoms with van der Waals surface area (Å²) in [5.41, 5.74) is -0.707. The molecule has 2 atom stereocenters. The predicted octanol–water partition coefficient (Wildman–Crippen LogP) is 2.34. The quantitative estimate of drug-likeness (QED) is 0.561. The first-order chi connectivity index (χ1) is 7.04. The second kappa shape index (κ2) is 3.34. The van der Waals surface area contributed by atoms with Crippen molar-refractivity contribution in [1.29, 1.82) is 0 Å². The number of ether oxygens (including phenoxy) is 1. The fourth-order valence-corrected chi connectivity index (χ4v) is 1.48. The molecule has 1 aromatic carbocycles. The number of alkyl halides is 3. The average Bonchev–Trinajstić information content (AvgIpc) is 2.95. The van der Waals surface area contributed by atoms with Gasteiger partial charge in [-0.25, -0.2) is 0 Å². The number of carbonyl (C=O) groups excluding carboxylic acids is 1. The van der Waals surface area contributed by atoms with Crippen molar-refractivity contribution in [3.05, 3.63) is 35.4 Å². The van der Waals surface area contributed by atoms with Crippen LogP contribution in [0.1, 0.15) is 17.2 Å². The normalized spacial score (nSPS) is 25.0. The van der Waals surface area contributed by atoms with Crippen molar-refractivity contribution >= 4 is 6.29 Å². The summed E-state index contributed by atoms with van der Waals surface area (Å²) in [6, 6.07) is 5.12. The minimum atomic E-state index is -4.41. The summed E-state index contributed by atoms with van der Waals surface area (Å²) in [4.78, 5) is 10.3. The lowest BCUT2D eigenvalue weighted by molar-refractivity contribution is -0.138. The average molecular weight is 216 g/mol. The Hall–Kier alpha value is -1.36. The monoisotopic (exact) mass is 216 g/mol. The number of halogens is 3. The van der Waals surface area contributed by atoms with Gasteiger partial charge < -0.3 is 9.53 Å². The molecule has 1 aliphatic rings. The number of rotatable bonds is 2. The molecule has 80 valence electrons. The van der Waals surface area contributed by atoms with E-state index in [4.69, 9.17) is 4.74 Å². The maximum Gasteiger partial charge on any atom is 0.416 e. The van der Waals surface area contributed by atoms with Gasteiger partial charge in [-0.2, -0.15) is 13.2 Å². The molecule has 1 heterocycles. The minimum Gasteiger partial charge on any atom is -0.356 e. The van der Waals surface area contributed by atoms with Crippen LogP contribution in [-0.4, -0.2) is 12.4 Å². The molecule has 1 fully saturated rings. The molecule has 1 aliphatic heterocycles. The van der Waals surface area contributed by atoms with E-state index in [0.29, 0.717) is 6.29 Å². The summed E-state index contributed by atoms with van der Waals surface area (Å²) < 4.78 is 42.4. The third-order valence-corrected chi connectivity index (χ3v) is 2.23. The Morgan fingerprint density at radius 1 is 1.27 bits per heavy atom. The SMILES string of the molecule is O=C[C@@H]1O[C@@H]1c1ccccc1C(F)(F)F. The van der Waals surface area contributed by atoms with Gasteiger partial charge in [0, 0.05) is 0 Å². The van der Waals surface area contributed by atoms with E-state index in [2.05, 4.69) is 0 Å². The Kier molecular flexibility index (Phi) is 2.26. The Balaban J connectivity index is 2.36. The van der Waals surface area contributed by atoms with Crippen LogP contribution in [0.3, 0.4) is 0 Å². The molecule has 0 aromatic heterocycles. The molecular formula is C10H7F3O2. The zero-order valence-corrected chi connectivity index (χ0v) is 7.49. The molecule has 2 nitrogen and oxygen atoms in total. The molecule has 0 aliphatic carbocycles. The number of hydrogen-bond donors (Lipinski definition) is 0. The van der Waals surface area contributed by atoms with Crippen molar-refractivity contribution in [1.82, 2.24) is 0 Å². The van der Waals surface area contributed by atoms with Crippen LogP contribution in [0.2, 0.25) is 0 Å². The molecular weight excluding hydrogens is 209 g/mol. The smallest absolute Gasteiger partial charge is 0.356 e. The van der Waals surface area contributed by atoms with E-state index in [9.17, 15) is 18.0 Å². The molecule has 1 saturated heterocycles. The van der Waals surface area contributed by atoms with Gasteiger partial charge in [0.05, 0.1) is 5.56 Å². The molecule has 0 radical (unpaired) electrons. The van der Waals surface area contributed by atoms with Crippen LogP contribution in [0.15, 0.2) is 24.3 Å². The van der Waals surface area contributed by atoms with Crippen LogP contribution in [0.4, 0.5) is 13.2 Å². The zero-order chi connectivity index (χ0) is 11.1. The minimum absolute atomic E-state index is 0.0297. The predicted molar refractivity (Wildman–Crippen MR) is 45.1 cm³/mol. The summed E-state index contributed by atoms with van der Waals surface area (Å²) in [6.45, 7) is 0. The van der Waals surface area contributed by atoms with Crippen LogP contribution in [0.25, 0.3) is 0 Å². The molecule has 0 bridgehead atoms. The van der Waals surface area contributed by atoms with Crippen molar-refractivity contribution in [3.63, 3.8) is 0 Å². The lowest BCUT2D eigenvalue weighted by Gasteiger charge is -2.10. The van der Waals surface area contributed by atoms with Gasteiger partial charge in [-0.15, -0.1) is 0 Å². The summed E-state index contributed by atoms with van der Waals surface area (Å²) >= 11 is 0. The zero-order valence-electron chi connectivity index (χ0n) is 7.49. The Bertz CT molecular complexity index is 386. The molecule has 0 N–H and O–H groups in total. The first kappa shape index (κ1) is 10.2. The van der Waals surface area contributed by atoms with Crippen molar-refractivity contribution in [2.75, 3.05) is 0 Å². The maximum atomic E-state index is 12.5. The van der Waals surface area contributed by atoms with Gasteiger partial charge in [-0.05, 0) is 11.6 Å². The van der Waals surface area contributed by atoms with Gasteiger partial charge in [0.1, 0.15) is 12.2 Å². The molecule has 5 heteroatoms. The highest BCUT2D eigenvalue weighted by molar-refractivity contribution is 5.62. The van der Waals surface area contributed by atoms with Gasteiger partial charge >= 0.3 is 6.18 Å². The van der Waals surface area contributed by atoms with E-state index in [-0.39, 0.29) is 5.56 Å². The van der Waals surface area contributed by atoms with Crippen molar-refractivity contribution in [3.8, 4) is 0 Å². The lowest BCUT2D eigenvalue weighted by atomic mass is 10.0. The fraction of sp³-hybridized carbons (Fsp3) is 0.300. The number of aldehydes is 1. The molecule has 15 heavy (non-hydrogen) atoms. The summed E-state index contributed by atoms with van der Waals surface area (Å²) in [7, 11) is 0. The summed E-state index contributed by atoms with van der Waals surface area (Å²) in [5, 5.41) is 0. The fourth-order valence-electron chi connectivity index (χ4n) is 1.48. The lowest BCUT2D eigenvalue weighted by Crippen LogP contribution is -2.09. The van der Waals surface area contributed by atoms with Crippen molar-refractivity contribution in [2.24, 2.45) is 0 Å². The number of carbonyl (C=O) groups is 1. The number of epoxide rings is 1. The standard InChI is InChI=1S/C10H7F3O2/c11-10(12,13)7-4-2-1-3-6(7)9-8(5-14)15-9/h1-5,8-9H/t8-,9+/m0/s1. The van der Waals surface area contributed by atoms with Gasteiger partial charge in [0.25, 0.3) is 0 Å². The molecule has 0 saturated carbocycles. The first-order valence-electron chi connectivity index (χ1n) is 4.31. The molecule has 2 rings (SSSR count). The summed E-state index contributed by atoms with van der Waals surface area (Å²) in [6.07, 6.45) is -5.36. The van der Waals surface area contributed by atoms with E-state index in [1.165, 1.54) is 18.2 Å². The third kappa shape index (κ3) is 1.87. The molecule has 0 spiro atoms. The van der Waals surface area contributed by atoms with Gasteiger partial charge in [-0.1, -0.05) is 18.2 Å². The Morgan fingerprint density at radius 3 is 2.47 bits per heavy atom. The highest BCUT2D eigenvalue weighted by atomic mass is 19.4. The van der Waals surface area contributed by atoms with E-state index in [0.717, 1.165) is 6.07 Å². The van der Waals surface area contributed by atoms with Gasteiger partial charge in [-0.3, -0.25) is 0 Å². The molecule has 0 amide bonds. The van der Waals surface area contributed by atoms with Crippen LogP contribution >= 0.6 is 0 Å². The number of hydrogen-bond acceptors (Lipinski definition) is 2. The van der Waals surface area contributed by atoms with Crippen molar-refractivity contribution < 1.29 is 22.7 Å². The highest BCUT2D eigenvalue weighted by Gasteiger charge is 2.45. The van der Waals surface area contributed by atoms with E-state index in [1.807, 2.05) is 0 Å². The third-order valence-electron chi connectivity index (χ3n) is 2.23. The second-order valence-corrected chi connectivity index (χ2v) is 3.24. The van der Waals surface area contributed by atoms with Crippen LogP contribution in [0, 0.1) is 0 Å². The first-order valence-corrected chi connectivity index (χ1v) is 4.31. The molecule has 0 unspecified atom stereocenters. The molecule has 1 aromatic rings.